The first-order valence-electron chi connectivity index (χ1n) is 10.3. The third-order valence-corrected chi connectivity index (χ3v) is 5.92. The highest BCUT2D eigenvalue weighted by molar-refractivity contribution is 5.94. The Labute approximate surface area is 193 Å². The quantitative estimate of drug-likeness (QED) is 0.179. The Morgan fingerprint density at radius 1 is 0.800 bits per heavy atom. The van der Waals surface area contributed by atoms with Crippen molar-refractivity contribution in [3.8, 4) is 45.8 Å². The van der Waals surface area contributed by atoms with Gasteiger partial charge in [0.15, 0.2) is 28.6 Å². The zero-order valence-corrected chi connectivity index (χ0v) is 17.5. The van der Waals surface area contributed by atoms with Gasteiger partial charge < -0.3 is 39.1 Å². The Kier molecular flexibility index (Phi) is 4.14. The van der Waals surface area contributed by atoms with Gasteiger partial charge in [0, 0.05) is 11.6 Å². The van der Waals surface area contributed by atoms with Crippen molar-refractivity contribution in [2.24, 2.45) is 0 Å². The molecule has 0 bridgehead atoms. The fraction of sp³-hybridized carbons (Fsp3) is 0.0400. The number of hydrogen-bond acceptors (Lipinski definition) is 10. The number of phenols is 3. The highest BCUT2D eigenvalue weighted by Crippen LogP contribution is 2.50. The minimum atomic E-state index is -1.67. The second kappa shape index (κ2) is 7.02. The summed E-state index contributed by atoms with van der Waals surface area (Å²) in [6.07, 6.45) is -1.67. The molecule has 10 heteroatoms. The molecule has 0 spiro atoms. The molecule has 3 aromatic carbocycles. The van der Waals surface area contributed by atoms with Crippen LogP contribution in [0.1, 0.15) is 17.2 Å². The molecular formula is C25H14O10. The predicted molar refractivity (Wildman–Crippen MR) is 121 cm³/mol. The van der Waals surface area contributed by atoms with Crippen LogP contribution in [-0.2, 0) is 0 Å². The second-order valence-electron chi connectivity index (χ2n) is 7.96. The van der Waals surface area contributed by atoms with E-state index in [0.717, 1.165) is 18.2 Å². The van der Waals surface area contributed by atoms with Gasteiger partial charge in [-0.25, -0.2) is 4.79 Å². The fourth-order valence-corrected chi connectivity index (χ4v) is 4.27. The second-order valence-corrected chi connectivity index (χ2v) is 7.96. The zero-order chi connectivity index (χ0) is 24.6. The molecule has 1 unspecified atom stereocenters. The largest absolute Gasteiger partial charge is 0.507 e. The summed E-state index contributed by atoms with van der Waals surface area (Å²) in [5.74, 6) is -2.91. The normalized spacial score (nSPS) is 14.5. The first-order valence-corrected chi connectivity index (χ1v) is 10.3. The number of phenolic OH excluding ortho intramolecular Hbond substituents is 3. The van der Waals surface area contributed by atoms with Crippen molar-refractivity contribution in [3.63, 3.8) is 0 Å². The minimum absolute atomic E-state index is 0.0195. The molecule has 35 heavy (non-hydrogen) atoms. The van der Waals surface area contributed by atoms with E-state index in [4.69, 9.17) is 13.6 Å². The molecule has 2 aromatic heterocycles. The molecule has 5 N–H and O–H groups in total. The summed E-state index contributed by atoms with van der Waals surface area (Å²) in [6.45, 7) is 0. The van der Waals surface area contributed by atoms with Gasteiger partial charge in [0.05, 0.1) is 10.9 Å². The molecule has 1 atom stereocenters. The van der Waals surface area contributed by atoms with Gasteiger partial charge in [-0.2, -0.15) is 0 Å². The number of aliphatic hydroxyl groups is 1. The van der Waals surface area contributed by atoms with E-state index in [1.165, 1.54) is 6.07 Å². The van der Waals surface area contributed by atoms with Gasteiger partial charge in [0.1, 0.15) is 34.1 Å². The van der Waals surface area contributed by atoms with Gasteiger partial charge >= 0.3 is 5.63 Å². The number of ether oxygens (including phenoxy) is 1. The van der Waals surface area contributed by atoms with Crippen LogP contribution in [0.15, 0.2) is 67.0 Å². The Bertz CT molecular complexity index is 1830. The third kappa shape index (κ3) is 2.80. The highest BCUT2D eigenvalue weighted by atomic mass is 16.5. The van der Waals surface area contributed by atoms with Crippen LogP contribution < -0.4 is 15.8 Å². The Hall–Kier alpha value is -4.96. The van der Waals surface area contributed by atoms with Crippen LogP contribution >= 0.6 is 0 Å². The molecule has 3 heterocycles. The minimum Gasteiger partial charge on any atom is -0.507 e. The van der Waals surface area contributed by atoms with E-state index < -0.39 is 51.3 Å². The summed E-state index contributed by atoms with van der Waals surface area (Å²) in [7, 11) is 0. The summed E-state index contributed by atoms with van der Waals surface area (Å²) < 4.78 is 17.0. The standard InChI is InChI=1S/C25H14O10/c26-11-6-5-9(7-12(11)27)22-21(31)20(30)16-13(28)8-15-17(24(16)35-22)19(29)18-23(33-15)10-3-1-2-4-14(10)34-25(18)32/h1-8,19,26-29,31H. The van der Waals surface area contributed by atoms with E-state index in [9.17, 15) is 35.1 Å². The number of benzene rings is 3. The Morgan fingerprint density at radius 3 is 2.34 bits per heavy atom. The van der Waals surface area contributed by atoms with E-state index in [1.807, 2.05) is 0 Å². The van der Waals surface area contributed by atoms with Gasteiger partial charge in [0.2, 0.25) is 11.2 Å². The molecule has 174 valence electrons. The smallest absolute Gasteiger partial charge is 0.346 e. The highest BCUT2D eigenvalue weighted by Gasteiger charge is 2.36. The average molecular weight is 474 g/mol. The van der Waals surface area contributed by atoms with Gasteiger partial charge in [-0.1, -0.05) is 12.1 Å². The van der Waals surface area contributed by atoms with Crippen molar-refractivity contribution in [1.82, 2.24) is 0 Å². The summed E-state index contributed by atoms with van der Waals surface area (Å²) in [5.41, 5.74) is -2.39. The fourth-order valence-electron chi connectivity index (χ4n) is 4.27. The molecule has 1 aliphatic heterocycles. The molecule has 0 saturated carbocycles. The first kappa shape index (κ1) is 20.6. The van der Waals surface area contributed by atoms with Crippen molar-refractivity contribution < 1.29 is 39.1 Å². The SMILES string of the molecule is O=c1oc2ccccc2c2c1C(O)c1c(cc(O)c3c(=O)c(O)c(-c4ccc(O)c(O)c4)oc13)O2. The van der Waals surface area contributed by atoms with Crippen molar-refractivity contribution in [1.29, 1.82) is 0 Å². The lowest BCUT2D eigenvalue weighted by atomic mass is 9.94. The van der Waals surface area contributed by atoms with Gasteiger partial charge in [0.25, 0.3) is 0 Å². The maximum atomic E-state index is 13.0. The van der Waals surface area contributed by atoms with Gasteiger partial charge in [-0.05, 0) is 30.3 Å². The van der Waals surface area contributed by atoms with Crippen LogP contribution in [0, 0.1) is 0 Å². The van der Waals surface area contributed by atoms with E-state index in [2.05, 4.69) is 0 Å². The lowest BCUT2D eigenvalue weighted by Crippen LogP contribution is -2.20. The van der Waals surface area contributed by atoms with Crippen LogP contribution in [0.2, 0.25) is 0 Å². The number of rotatable bonds is 1. The van der Waals surface area contributed by atoms with Crippen LogP contribution in [0.5, 0.6) is 34.5 Å². The number of hydrogen-bond donors (Lipinski definition) is 5. The van der Waals surface area contributed by atoms with Crippen molar-refractivity contribution in [3.05, 3.63) is 80.3 Å². The Morgan fingerprint density at radius 2 is 1.57 bits per heavy atom. The summed E-state index contributed by atoms with van der Waals surface area (Å²) in [6, 6.07) is 11.1. The average Bonchev–Trinajstić information content (AvgIpc) is 2.82. The third-order valence-electron chi connectivity index (χ3n) is 5.92. The van der Waals surface area contributed by atoms with Crippen LogP contribution in [0.4, 0.5) is 0 Å². The number of aliphatic hydroxyl groups excluding tert-OH is 1. The zero-order valence-electron chi connectivity index (χ0n) is 17.5. The van der Waals surface area contributed by atoms with Gasteiger partial charge in [-0.15, -0.1) is 0 Å². The molecule has 0 aliphatic carbocycles. The number of aromatic hydroxyl groups is 4. The first-order chi connectivity index (χ1) is 16.8. The molecule has 0 amide bonds. The van der Waals surface area contributed by atoms with E-state index >= 15 is 0 Å². The van der Waals surface area contributed by atoms with Crippen molar-refractivity contribution in [2.75, 3.05) is 0 Å². The maximum absolute atomic E-state index is 13.0. The summed E-state index contributed by atoms with van der Waals surface area (Å²) >= 11 is 0. The molecular weight excluding hydrogens is 460 g/mol. The molecule has 5 aromatic rings. The van der Waals surface area contributed by atoms with E-state index in [0.29, 0.717) is 5.39 Å². The molecule has 0 radical (unpaired) electrons. The molecule has 0 saturated heterocycles. The predicted octanol–water partition coefficient (Wildman–Crippen LogP) is 3.58. The molecule has 6 rings (SSSR count). The summed E-state index contributed by atoms with van der Waals surface area (Å²) in [5, 5.41) is 51.7. The molecule has 10 nitrogen and oxygen atoms in total. The summed E-state index contributed by atoms with van der Waals surface area (Å²) in [4.78, 5) is 25.7. The lowest BCUT2D eigenvalue weighted by Gasteiger charge is -2.25. The molecule has 1 aliphatic rings. The van der Waals surface area contributed by atoms with Crippen LogP contribution in [0.25, 0.3) is 33.3 Å². The monoisotopic (exact) mass is 474 g/mol. The van der Waals surface area contributed by atoms with Gasteiger partial charge in [-0.3, -0.25) is 4.79 Å². The number of para-hydroxylation sites is 1. The number of fused-ring (bicyclic) bond motifs is 6. The maximum Gasteiger partial charge on any atom is 0.346 e. The van der Waals surface area contributed by atoms with Crippen molar-refractivity contribution >= 4 is 21.9 Å². The topological polar surface area (TPSA) is 171 Å². The lowest BCUT2D eigenvalue weighted by molar-refractivity contribution is 0.198. The van der Waals surface area contributed by atoms with E-state index in [-0.39, 0.29) is 39.4 Å². The van der Waals surface area contributed by atoms with E-state index in [1.54, 1.807) is 24.3 Å². The molecule has 0 fully saturated rings. The van der Waals surface area contributed by atoms with Crippen molar-refractivity contribution in [2.45, 2.75) is 6.10 Å². The van der Waals surface area contributed by atoms with Crippen LogP contribution in [-0.4, -0.2) is 25.5 Å². The Balaban J connectivity index is 1.69. The van der Waals surface area contributed by atoms with Crippen LogP contribution in [0.3, 0.4) is 0 Å².